The third kappa shape index (κ3) is 2.21. The molecule has 0 saturated heterocycles. The van der Waals surface area contributed by atoms with Crippen molar-refractivity contribution in [3.05, 3.63) is 28.5 Å². The molecule has 18 heavy (non-hydrogen) atoms. The van der Waals surface area contributed by atoms with Crippen LogP contribution in [0.1, 0.15) is 37.7 Å². The minimum absolute atomic E-state index is 0.0633. The molecule has 1 saturated carbocycles. The van der Waals surface area contributed by atoms with Gasteiger partial charge in [-0.2, -0.15) is 0 Å². The summed E-state index contributed by atoms with van der Waals surface area (Å²) in [6, 6.07) is 3.50. The molecule has 1 aliphatic rings. The normalized spacial score (nSPS) is 18.7. The third-order valence-corrected chi connectivity index (χ3v) is 4.39. The summed E-state index contributed by atoms with van der Waals surface area (Å²) in [5, 5.41) is 0.0633. The quantitative estimate of drug-likeness (QED) is 0.911. The standard InChI is InChI=1S/C14H19ClFNO/c1-18-11-6-5-10(13(16)12(11)15)14(9-17)7-3-2-4-8-14/h5-6H,2-4,7-9,17H2,1H3. The van der Waals surface area contributed by atoms with Crippen LogP contribution >= 0.6 is 11.6 Å². The Morgan fingerprint density at radius 3 is 2.56 bits per heavy atom. The van der Waals surface area contributed by atoms with Gasteiger partial charge < -0.3 is 10.5 Å². The second kappa shape index (κ2) is 5.45. The fraction of sp³-hybridized carbons (Fsp3) is 0.571. The molecule has 1 aromatic carbocycles. The molecule has 2 N–H and O–H groups in total. The van der Waals surface area contributed by atoms with Gasteiger partial charge in [-0.3, -0.25) is 0 Å². The van der Waals surface area contributed by atoms with Gasteiger partial charge in [0.25, 0.3) is 0 Å². The van der Waals surface area contributed by atoms with E-state index in [9.17, 15) is 4.39 Å². The topological polar surface area (TPSA) is 35.2 Å². The van der Waals surface area contributed by atoms with Crippen LogP contribution in [0.5, 0.6) is 5.75 Å². The summed E-state index contributed by atoms with van der Waals surface area (Å²) >= 11 is 6.00. The minimum Gasteiger partial charge on any atom is -0.495 e. The molecule has 0 unspecified atom stereocenters. The Morgan fingerprint density at radius 1 is 1.33 bits per heavy atom. The third-order valence-electron chi connectivity index (χ3n) is 4.04. The van der Waals surface area contributed by atoms with E-state index in [1.165, 1.54) is 13.5 Å². The zero-order chi connectivity index (χ0) is 13.2. The van der Waals surface area contributed by atoms with Crippen molar-refractivity contribution < 1.29 is 9.13 Å². The molecule has 0 radical (unpaired) electrons. The Morgan fingerprint density at radius 2 is 2.00 bits per heavy atom. The SMILES string of the molecule is COc1ccc(C2(CN)CCCCC2)c(F)c1Cl. The van der Waals surface area contributed by atoms with E-state index in [0.717, 1.165) is 25.7 Å². The largest absolute Gasteiger partial charge is 0.495 e. The van der Waals surface area contributed by atoms with E-state index < -0.39 is 0 Å². The van der Waals surface area contributed by atoms with Gasteiger partial charge in [-0.15, -0.1) is 0 Å². The van der Waals surface area contributed by atoms with Crippen LogP contribution in [0.2, 0.25) is 5.02 Å². The molecule has 0 heterocycles. The van der Waals surface area contributed by atoms with Crippen LogP contribution in [0.3, 0.4) is 0 Å². The van der Waals surface area contributed by atoms with Crippen LogP contribution in [0.4, 0.5) is 4.39 Å². The summed E-state index contributed by atoms with van der Waals surface area (Å²) in [7, 11) is 1.49. The Bertz CT molecular complexity index is 430. The number of methoxy groups -OCH3 is 1. The number of benzene rings is 1. The second-order valence-corrected chi connectivity index (χ2v) is 5.37. The van der Waals surface area contributed by atoms with Crippen LogP contribution < -0.4 is 10.5 Å². The number of halogens is 2. The Balaban J connectivity index is 2.46. The molecule has 1 aromatic rings. The van der Waals surface area contributed by atoms with Crippen molar-refractivity contribution in [2.75, 3.05) is 13.7 Å². The van der Waals surface area contributed by atoms with E-state index >= 15 is 0 Å². The first-order chi connectivity index (χ1) is 8.64. The average molecular weight is 272 g/mol. The number of hydrogen-bond donors (Lipinski definition) is 1. The lowest BCUT2D eigenvalue weighted by atomic mass is 9.69. The van der Waals surface area contributed by atoms with Gasteiger partial charge in [-0.1, -0.05) is 36.9 Å². The van der Waals surface area contributed by atoms with Crippen LogP contribution in [-0.2, 0) is 5.41 Å². The Kier molecular flexibility index (Phi) is 4.13. The van der Waals surface area contributed by atoms with E-state index in [0.29, 0.717) is 17.9 Å². The van der Waals surface area contributed by atoms with Crippen LogP contribution in [0.25, 0.3) is 0 Å². The van der Waals surface area contributed by atoms with Crippen molar-refractivity contribution in [2.24, 2.45) is 5.73 Å². The fourth-order valence-electron chi connectivity index (χ4n) is 2.91. The summed E-state index contributed by atoms with van der Waals surface area (Å²) in [4.78, 5) is 0. The molecule has 0 amide bonds. The number of ether oxygens (including phenoxy) is 1. The van der Waals surface area contributed by atoms with Crippen molar-refractivity contribution in [1.82, 2.24) is 0 Å². The molecular weight excluding hydrogens is 253 g/mol. The smallest absolute Gasteiger partial charge is 0.149 e. The van der Waals surface area contributed by atoms with E-state index in [-0.39, 0.29) is 16.3 Å². The van der Waals surface area contributed by atoms with Gasteiger partial charge in [0.2, 0.25) is 0 Å². The maximum absolute atomic E-state index is 14.4. The highest BCUT2D eigenvalue weighted by molar-refractivity contribution is 6.32. The van der Waals surface area contributed by atoms with Crippen molar-refractivity contribution >= 4 is 11.6 Å². The average Bonchev–Trinajstić information content (AvgIpc) is 2.42. The van der Waals surface area contributed by atoms with E-state index in [1.54, 1.807) is 12.1 Å². The lowest BCUT2D eigenvalue weighted by Crippen LogP contribution is -2.38. The van der Waals surface area contributed by atoms with Gasteiger partial charge >= 0.3 is 0 Å². The maximum Gasteiger partial charge on any atom is 0.149 e. The van der Waals surface area contributed by atoms with Crippen LogP contribution in [-0.4, -0.2) is 13.7 Å². The number of nitrogens with two attached hydrogens (primary N) is 1. The molecule has 1 aliphatic carbocycles. The number of rotatable bonds is 3. The summed E-state index contributed by atoms with van der Waals surface area (Å²) in [5.41, 5.74) is 6.32. The van der Waals surface area contributed by atoms with Gasteiger partial charge in [0.05, 0.1) is 7.11 Å². The molecule has 2 rings (SSSR count). The van der Waals surface area contributed by atoms with Gasteiger partial charge in [-0.05, 0) is 24.5 Å². The number of hydrogen-bond acceptors (Lipinski definition) is 2. The van der Waals surface area contributed by atoms with E-state index in [1.807, 2.05) is 0 Å². The molecule has 2 nitrogen and oxygen atoms in total. The molecule has 0 spiro atoms. The van der Waals surface area contributed by atoms with Gasteiger partial charge in [-0.25, -0.2) is 4.39 Å². The highest BCUT2D eigenvalue weighted by atomic mass is 35.5. The fourth-order valence-corrected chi connectivity index (χ4v) is 3.15. The van der Waals surface area contributed by atoms with E-state index in [2.05, 4.69) is 0 Å². The zero-order valence-corrected chi connectivity index (χ0v) is 11.4. The molecule has 0 bridgehead atoms. The van der Waals surface area contributed by atoms with Gasteiger partial charge in [0.1, 0.15) is 16.6 Å². The summed E-state index contributed by atoms with van der Waals surface area (Å²) in [5.74, 6) is 0.00395. The summed E-state index contributed by atoms with van der Waals surface area (Å²) in [6.07, 6.45) is 5.26. The van der Waals surface area contributed by atoms with Crippen molar-refractivity contribution in [2.45, 2.75) is 37.5 Å². The van der Waals surface area contributed by atoms with E-state index in [4.69, 9.17) is 22.1 Å². The Labute approximate surface area is 112 Å². The summed E-state index contributed by atoms with van der Waals surface area (Å²) in [6.45, 7) is 0.465. The first-order valence-electron chi connectivity index (χ1n) is 6.37. The monoisotopic (exact) mass is 271 g/mol. The van der Waals surface area contributed by atoms with Gasteiger partial charge in [0, 0.05) is 12.0 Å². The zero-order valence-electron chi connectivity index (χ0n) is 10.6. The second-order valence-electron chi connectivity index (χ2n) is 4.99. The van der Waals surface area contributed by atoms with Gasteiger partial charge in [0.15, 0.2) is 0 Å². The first-order valence-corrected chi connectivity index (χ1v) is 6.75. The maximum atomic E-state index is 14.4. The van der Waals surface area contributed by atoms with Crippen molar-refractivity contribution in [1.29, 1.82) is 0 Å². The predicted molar refractivity (Wildman–Crippen MR) is 71.8 cm³/mol. The Hall–Kier alpha value is -0.800. The van der Waals surface area contributed by atoms with Crippen LogP contribution in [0, 0.1) is 5.82 Å². The molecular formula is C14H19ClFNO. The molecule has 0 aromatic heterocycles. The first kappa shape index (κ1) is 13.6. The minimum atomic E-state index is -0.372. The molecule has 0 aliphatic heterocycles. The highest BCUT2D eigenvalue weighted by Crippen LogP contribution is 2.42. The summed E-state index contributed by atoms with van der Waals surface area (Å²) < 4.78 is 19.4. The molecule has 4 heteroatoms. The van der Waals surface area contributed by atoms with Crippen molar-refractivity contribution in [3.63, 3.8) is 0 Å². The molecule has 0 atom stereocenters. The highest BCUT2D eigenvalue weighted by Gasteiger charge is 2.35. The van der Waals surface area contributed by atoms with Crippen LogP contribution in [0.15, 0.2) is 12.1 Å². The predicted octanol–water partition coefficient (Wildman–Crippen LogP) is 3.65. The lowest BCUT2D eigenvalue weighted by Gasteiger charge is -2.37. The molecule has 100 valence electrons. The molecule has 1 fully saturated rings. The lowest BCUT2D eigenvalue weighted by molar-refractivity contribution is 0.291. The van der Waals surface area contributed by atoms with Crippen molar-refractivity contribution in [3.8, 4) is 5.75 Å².